The number of aromatic nitrogens is 1. The van der Waals surface area contributed by atoms with Crippen molar-refractivity contribution < 1.29 is 14.0 Å². The summed E-state index contributed by atoms with van der Waals surface area (Å²) in [4.78, 5) is 31.8. The Labute approximate surface area is 179 Å². The lowest BCUT2D eigenvalue weighted by atomic mass is 10.1. The van der Waals surface area contributed by atoms with Gasteiger partial charge in [-0.15, -0.1) is 11.3 Å². The molecular weight excluding hydrogens is 401 g/mol. The summed E-state index contributed by atoms with van der Waals surface area (Å²) < 4.78 is 14.2. The summed E-state index contributed by atoms with van der Waals surface area (Å²) in [5, 5.41) is 2.05. The van der Waals surface area contributed by atoms with Crippen molar-refractivity contribution in [1.29, 1.82) is 0 Å². The lowest BCUT2D eigenvalue weighted by Crippen LogP contribution is -2.24. The van der Waals surface area contributed by atoms with Crippen LogP contribution in [0.4, 0.5) is 20.9 Å². The summed E-state index contributed by atoms with van der Waals surface area (Å²) in [6.07, 6.45) is 3.01. The third-order valence-electron chi connectivity index (χ3n) is 4.43. The maximum absolute atomic E-state index is 14.2. The van der Waals surface area contributed by atoms with E-state index in [0.29, 0.717) is 10.8 Å². The highest BCUT2D eigenvalue weighted by molar-refractivity contribution is 7.14. The molecule has 0 unspecified atom stereocenters. The fourth-order valence-electron chi connectivity index (χ4n) is 3.04. The molecule has 3 aromatic rings. The first-order chi connectivity index (χ1) is 14.3. The molecule has 0 aliphatic heterocycles. The highest BCUT2D eigenvalue weighted by Crippen LogP contribution is 2.31. The van der Waals surface area contributed by atoms with E-state index in [2.05, 4.69) is 4.98 Å². The number of rotatable bonds is 5. The smallest absolute Gasteiger partial charge is 0.250 e. The van der Waals surface area contributed by atoms with E-state index >= 15 is 0 Å². The highest BCUT2D eigenvalue weighted by atomic mass is 32.1. The number of benzene rings is 2. The van der Waals surface area contributed by atoms with Crippen LogP contribution in [0, 0.1) is 19.7 Å². The Morgan fingerprint density at radius 1 is 1.10 bits per heavy atom. The average molecular weight is 424 g/mol. The molecule has 0 saturated carbocycles. The van der Waals surface area contributed by atoms with E-state index in [0.717, 1.165) is 16.8 Å². The quantitative estimate of drug-likeness (QED) is 0.526. The van der Waals surface area contributed by atoms with Gasteiger partial charge in [0, 0.05) is 31.1 Å². The van der Waals surface area contributed by atoms with Gasteiger partial charge in [0.25, 0.3) is 5.91 Å². The summed E-state index contributed by atoms with van der Waals surface area (Å²) in [6.45, 7) is 5.32. The van der Waals surface area contributed by atoms with E-state index in [1.807, 2.05) is 32.0 Å². The number of aryl methyl sites for hydroxylation is 2. The number of nitrogens with zero attached hydrogens (tertiary/aromatic N) is 3. The molecule has 0 fully saturated rings. The van der Waals surface area contributed by atoms with Crippen molar-refractivity contribution in [2.45, 2.75) is 20.8 Å². The first-order valence-corrected chi connectivity index (χ1v) is 10.2. The van der Waals surface area contributed by atoms with E-state index in [-0.39, 0.29) is 17.5 Å². The molecule has 7 heteroatoms. The van der Waals surface area contributed by atoms with Crippen molar-refractivity contribution in [1.82, 2.24) is 4.98 Å². The molecule has 0 aliphatic carbocycles. The number of halogens is 1. The normalized spacial score (nSPS) is 11.0. The van der Waals surface area contributed by atoms with E-state index in [1.165, 1.54) is 41.4 Å². The zero-order chi connectivity index (χ0) is 21.8. The second-order valence-electron chi connectivity index (χ2n) is 6.94. The first-order valence-electron chi connectivity index (χ1n) is 9.31. The number of hydrogen-bond acceptors (Lipinski definition) is 4. The van der Waals surface area contributed by atoms with Gasteiger partial charge in [0.2, 0.25) is 5.91 Å². The number of amides is 2. The van der Waals surface area contributed by atoms with Gasteiger partial charge in [0.05, 0.1) is 11.4 Å². The van der Waals surface area contributed by atoms with E-state index in [4.69, 9.17) is 0 Å². The Morgan fingerprint density at radius 2 is 1.77 bits per heavy atom. The second kappa shape index (κ2) is 9.00. The SMILES string of the molecule is CC(=O)N(c1nc(/C=C/C(=O)N(C)c2cc(C)cc(C)c2)cs1)c1ccccc1F. The molecule has 1 heterocycles. The Balaban J connectivity index is 1.80. The van der Waals surface area contributed by atoms with Crippen molar-refractivity contribution >= 4 is 45.7 Å². The van der Waals surface area contributed by atoms with Crippen LogP contribution in [-0.2, 0) is 9.59 Å². The Bertz CT molecular complexity index is 1100. The number of hydrogen-bond donors (Lipinski definition) is 0. The predicted molar refractivity (Wildman–Crippen MR) is 120 cm³/mol. The molecule has 2 amide bonds. The molecule has 1 aromatic heterocycles. The maximum Gasteiger partial charge on any atom is 0.250 e. The third kappa shape index (κ3) is 4.80. The standard InChI is InChI=1S/C23H22FN3O2S/c1-15-11-16(2)13-19(12-15)26(4)22(29)10-9-18-14-30-23(25-18)27(17(3)28)21-8-6-5-7-20(21)24/h5-14H,1-4H3/b10-9+. The summed E-state index contributed by atoms with van der Waals surface area (Å²) >= 11 is 1.20. The van der Waals surface area contributed by atoms with Gasteiger partial charge in [-0.3, -0.25) is 14.5 Å². The Morgan fingerprint density at radius 3 is 2.40 bits per heavy atom. The summed E-state index contributed by atoms with van der Waals surface area (Å²) in [5.74, 6) is -1.06. The average Bonchev–Trinajstić information content (AvgIpc) is 3.14. The molecule has 0 radical (unpaired) electrons. The third-order valence-corrected chi connectivity index (χ3v) is 5.27. The number of anilines is 3. The minimum Gasteiger partial charge on any atom is -0.312 e. The van der Waals surface area contributed by atoms with Gasteiger partial charge in [0.1, 0.15) is 5.82 Å². The first kappa shape index (κ1) is 21.4. The van der Waals surface area contributed by atoms with E-state index in [9.17, 15) is 14.0 Å². The minimum absolute atomic E-state index is 0.139. The molecule has 0 saturated heterocycles. The van der Waals surface area contributed by atoms with Crippen LogP contribution in [0.3, 0.4) is 0 Å². The van der Waals surface area contributed by atoms with Gasteiger partial charge in [-0.05, 0) is 55.3 Å². The Hall–Kier alpha value is -3.32. The highest BCUT2D eigenvalue weighted by Gasteiger charge is 2.20. The monoisotopic (exact) mass is 423 g/mol. The number of likely N-dealkylation sites (N-methyl/N-ethyl adjacent to an activating group) is 1. The molecule has 0 bridgehead atoms. The Kier molecular flexibility index (Phi) is 6.42. The van der Waals surface area contributed by atoms with Crippen LogP contribution in [-0.4, -0.2) is 23.8 Å². The van der Waals surface area contributed by atoms with Gasteiger partial charge >= 0.3 is 0 Å². The van der Waals surface area contributed by atoms with E-state index in [1.54, 1.807) is 35.5 Å². The number of para-hydroxylation sites is 1. The van der Waals surface area contributed by atoms with Crippen molar-refractivity contribution in [3.8, 4) is 0 Å². The molecule has 154 valence electrons. The van der Waals surface area contributed by atoms with Crippen molar-refractivity contribution in [3.05, 3.63) is 76.6 Å². The van der Waals surface area contributed by atoms with Crippen LogP contribution in [0.2, 0.25) is 0 Å². The van der Waals surface area contributed by atoms with Crippen LogP contribution in [0.5, 0.6) is 0 Å². The summed E-state index contributed by atoms with van der Waals surface area (Å²) in [7, 11) is 1.71. The zero-order valence-electron chi connectivity index (χ0n) is 17.2. The van der Waals surface area contributed by atoms with Crippen LogP contribution in [0.15, 0.2) is 53.9 Å². The number of carbonyl (C=O) groups is 2. The molecule has 0 spiro atoms. The summed E-state index contributed by atoms with van der Waals surface area (Å²) in [5.41, 5.74) is 3.62. The van der Waals surface area contributed by atoms with Gasteiger partial charge in [-0.2, -0.15) is 0 Å². The van der Waals surface area contributed by atoms with Gasteiger partial charge in [0.15, 0.2) is 5.13 Å². The number of thiazole rings is 1. The van der Waals surface area contributed by atoms with Gasteiger partial charge < -0.3 is 4.90 Å². The largest absolute Gasteiger partial charge is 0.312 e. The lowest BCUT2D eigenvalue weighted by molar-refractivity contribution is -0.116. The van der Waals surface area contributed by atoms with Crippen molar-refractivity contribution in [3.63, 3.8) is 0 Å². The lowest BCUT2D eigenvalue weighted by Gasteiger charge is -2.18. The van der Waals surface area contributed by atoms with Crippen molar-refractivity contribution in [2.24, 2.45) is 0 Å². The van der Waals surface area contributed by atoms with Crippen molar-refractivity contribution in [2.75, 3.05) is 16.8 Å². The molecule has 0 atom stereocenters. The molecule has 5 nitrogen and oxygen atoms in total. The van der Waals surface area contributed by atoms with Crippen LogP contribution >= 0.6 is 11.3 Å². The van der Waals surface area contributed by atoms with Crippen LogP contribution < -0.4 is 9.80 Å². The fraction of sp³-hybridized carbons (Fsp3) is 0.174. The summed E-state index contributed by atoms with van der Waals surface area (Å²) in [6, 6.07) is 12.0. The second-order valence-corrected chi connectivity index (χ2v) is 7.77. The van der Waals surface area contributed by atoms with Crippen LogP contribution in [0.1, 0.15) is 23.7 Å². The molecule has 2 aromatic carbocycles. The fourth-order valence-corrected chi connectivity index (χ4v) is 3.88. The zero-order valence-corrected chi connectivity index (χ0v) is 18.0. The molecular formula is C23H22FN3O2S. The van der Waals surface area contributed by atoms with E-state index < -0.39 is 5.82 Å². The topological polar surface area (TPSA) is 53.5 Å². The predicted octanol–water partition coefficient (Wildman–Crippen LogP) is 5.26. The molecule has 0 N–H and O–H groups in total. The van der Waals surface area contributed by atoms with Crippen LogP contribution in [0.25, 0.3) is 6.08 Å². The minimum atomic E-state index is -0.509. The molecule has 0 aliphatic rings. The van der Waals surface area contributed by atoms with Gasteiger partial charge in [-0.25, -0.2) is 9.37 Å². The maximum atomic E-state index is 14.2. The number of carbonyl (C=O) groups excluding carboxylic acids is 2. The van der Waals surface area contributed by atoms with Gasteiger partial charge in [-0.1, -0.05) is 18.2 Å². The molecule has 3 rings (SSSR count). The molecule has 30 heavy (non-hydrogen) atoms.